The lowest BCUT2D eigenvalue weighted by molar-refractivity contribution is 0.303. The van der Waals surface area contributed by atoms with Crippen LogP contribution in [-0.4, -0.2) is 50.7 Å². The maximum atomic E-state index is 4.89. The number of anilines is 1. The van der Waals surface area contributed by atoms with Crippen LogP contribution in [-0.2, 0) is 12.8 Å². The Bertz CT molecular complexity index is 863. The first kappa shape index (κ1) is 16.7. The van der Waals surface area contributed by atoms with E-state index >= 15 is 0 Å². The van der Waals surface area contributed by atoms with Crippen LogP contribution in [0.5, 0.6) is 0 Å². The van der Waals surface area contributed by atoms with Gasteiger partial charge in [-0.2, -0.15) is 9.61 Å². The summed E-state index contributed by atoms with van der Waals surface area (Å²) >= 11 is 1.84. The van der Waals surface area contributed by atoms with E-state index in [1.54, 1.807) is 6.33 Å². The van der Waals surface area contributed by atoms with Gasteiger partial charge in [-0.15, -0.1) is 11.3 Å². The normalized spacial score (nSPS) is 14.5. The molecule has 3 aromatic rings. The Hall–Kier alpha value is -1.73. The molecule has 0 saturated carbocycles. The summed E-state index contributed by atoms with van der Waals surface area (Å²) in [4.78, 5) is 14.5. The van der Waals surface area contributed by atoms with Gasteiger partial charge in [0.15, 0.2) is 5.65 Å². The van der Waals surface area contributed by atoms with Crippen molar-refractivity contribution in [2.75, 3.05) is 31.5 Å². The van der Waals surface area contributed by atoms with Gasteiger partial charge >= 0.3 is 0 Å². The Kier molecular flexibility index (Phi) is 4.85. The fourth-order valence-corrected chi connectivity index (χ4v) is 4.98. The molecule has 3 heterocycles. The van der Waals surface area contributed by atoms with Gasteiger partial charge in [0, 0.05) is 11.4 Å². The minimum Gasteiger partial charge on any atom is -0.354 e. The van der Waals surface area contributed by atoms with Crippen molar-refractivity contribution in [3.05, 3.63) is 16.8 Å². The zero-order chi connectivity index (χ0) is 17.2. The largest absolute Gasteiger partial charge is 0.354 e. The van der Waals surface area contributed by atoms with Crippen LogP contribution in [0.25, 0.3) is 15.9 Å². The van der Waals surface area contributed by atoms with Gasteiger partial charge in [-0.1, -0.05) is 13.8 Å². The molecule has 134 valence electrons. The molecule has 0 saturated heterocycles. The smallest absolute Gasteiger partial charge is 0.227 e. The minimum atomic E-state index is 0.818. The molecule has 0 radical (unpaired) electrons. The predicted molar refractivity (Wildman–Crippen MR) is 104 cm³/mol. The van der Waals surface area contributed by atoms with Crippen LogP contribution in [0.15, 0.2) is 6.33 Å². The molecule has 6 nitrogen and oxygen atoms in total. The van der Waals surface area contributed by atoms with E-state index in [1.165, 1.54) is 35.1 Å². The van der Waals surface area contributed by atoms with Gasteiger partial charge in [0.2, 0.25) is 5.95 Å². The van der Waals surface area contributed by atoms with Gasteiger partial charge in [-0.05, 0) is 57.3 Å². The monoisotopic (exact) mass is 358 g/mol. The molecule has 0 aromatic carbocycles. The highest BCUT2D eigenvalue weighted by Gasteiger charge is 2.21. The molecule has 1 N–H and O–H groups in total. The summed E-state index contributed by atoms with van der Waals surface area (Å²) < 4.78 is 1.88. The third-order valence-corrected chi connectivity index (χ3v) is 6.35. The lowest BCUT2D eigenvalue weighted by Gasteiger charge is -2.17. The molecule has 4 rings (SSSR count). The van der Waals surface area contributed by atoms with Crippen LogP contribution in [0.1, 0.15) is 43.6 Å². The molecule has 0 atom stereocenters. The van der Waals surface area contributed by atoms with E-state index in [-0.39, 0.29) is 0 Å². The molecule has 1 aliphatic rings. The van der Waals surface area contributed by atoms with Crippen LogP contribution in [0.4, 0.5) is 5.95 Å². The molecular formula is C18H26N6S. The van der Waals surface area contributed by atoms with E-state index < -0.39 is 0 Å². The van der Waals surface area contributed by atoms with Crippen molar-refractivity contribution in [2.24, 2.45) is 0 Å². The fourth-order valence-electron chi connectivity index (χ4n) is 3.73. The topological polar surface area (TPSA) is 58.3 Å². The number of hydrogen-bond donors (Lipinski definition) is 1. The maximum Gasteiger partial charge on any atom is 0.227 e. The fraction of sp³-hybridized carbons (Fsp3) is 0.611. The third kappa shape index (κ3) is 3.11. The average molecular weight is 359 g/mol. The van der Waals surface area contributed by atoms with Crippen molar-refractivity contribution in [1.82, 2.24) is 24.5 Å². The molecule has 0 aliphatic heterocycles. The number of rotatable bonds is 7. The SMILES string of the molecule is CCN(CC)CCCNc1nc2sc3c(c2c2ncnn12)CCCC3. The quantitative estimate of drug-likeness (QED) is 0.656. The van der Waals surface area contributed by atoms with Crippen LogP contribution in [0.2, 0.25) is 0 Å². The molecule has 0 fully saturated rings. The number of aryl methyl sites for hydroxylation is 2. The minimum absolute atomic E-state index is 0.818. The van der Waals surface area contributed by atoms with Crippen LogP contribution < -0.4 is 5.32 Å². The first-order valence-corrected chi connectivity index (χ1v) is 10.2. The highest BCUT2D eigenvalue weighted by Crippen LogP contribution is 2.37. The standard InChI is InChI=1S/C18H26N6S/c1-3-23(4-2)11-7-10-19-18-22-17-15(16-20-12-21-24(16)18)13-8-5-6-9-14(13)25-17/h12H,3-11H2,1-2H3,(H,19,22). The van der Waals surface area contributed by atoms with Gasteiger partial charge in [0.25, 0.3) is 0 Å². The molecule has 7 heteroatoms. The molecular weight excluding hydrogens is 332 g/mol. The maximum absolute atomic E-state index is 4.89. The molecule has 0 spiro atoms. The van der Waals surface area contributed by atoms with E-state index in [4.69, 9.17) is 4.98 Å². The Morgan fingerprint density at radius 2 is 2.08 bits per heavy atom. The Labute approximate surface area is 152 Å². The highest BCUT2D eigenvalue weighted by molar-refractivity contribution is 7.19. The summed E-state index contributed by atoms with van der Waals surface area (Å²) in [6.07, 6.45) is 7.63. The molecule has 0 bridgehead atoms. The molecule has 0 amide bonds. The summed E-state index contributed by atoms with van der Waals surface area (Å²) in [5.41, 5.74) is 2.42. The number of nitrogens with one attached hydrogen (secondary N) is 1. The summed E-state index contributed by atoms with van der Waals surface area (Å²) in [7, 11) is 0. The lowest BCUT2D eigenvalue weighted by atomic mass is 9.97. The van der Waals surface area contributed by atoms with E-state index in [0.717, 1.165) is 55.4 Å². The Morgan fingerprint density at radius 1 is 1.24 bits per heavy atom. The average Bonchev–Trinajstić information content (AvgIpc) is 3.25. The highest BCUT2D eigenvalue weighted by atomic mass is 32.1. The third-order valence-electron chi connectivity index (χ3n) is 5.16. The summed E-state index contributed by atoms with van der Waals surface area (Å²) in [6, 6.07) is 0. The summed E-state index contributed by atoms with van der Waals surface area (Å²) in [6.45, 7) is 8.64. The van der Waals surface area contributed by atoms with Crippen molar-refractivity contribution in [3.63, 3.8) is 0 Å². The van der Waals surface area contributed by atoms with Crippen molar-refractivity contribution in [2.45, 2.75) is 46.0 Å². The van der Waals surface area contributed by atoms with E-state index in [9.17, 15) is 0 Å². The zero-order valence-electron chi connectivity index (χ0n) is 15.1. The van der Waals surface area contributed by atoms with Crippen molar-refractivity contribution >= 4 is 33.1 Å². The molecule has 25 heavy (non-hydrogen) atoms. The molecule has 1 aliphatic carbocycles. The van der Waals surface area contributed by atoms with Crippen molar-refractivity contribution in [3.8, 4) is 0 Å². The number of fused-ring (bicyclic) bond motifs is 5. The molecule has 3 aromatic heterocycles. The first-order chi connectivity index (χ1) is 12.3. The van der Waals surface area contributed by atoms with Gasteiger partial charge in [-0.25, -0.2) is 9.97 Å². The number of aromatic nitrogens is 4. The van der Waals surface area contributed by atoms with Gasteiger partial charge in [-0.3, -0.25) is 0 Å². The van der Waals surface area contributed by atoms with Crippen LogP contribution in [0.3, 0.4) is 0 Å². The van der Waals surface area contributed by atoms with Gasteiger partial charge in [0.1, 0.15) is 11.2 Å². The number of hydrogen-bond acceptors (Lipinski definition) is 6. The molecule has 0 unspecified atom stereocenters. The summed E-state index contributed by atoms with van der Waals surface area (Å²) in [5, 5.41) is 9.13. The van der Waals surface area contributed by atoms with E-state index in [0.29, 0.717) is 0 Å². The second-order valence-electron chi connectivity index (χ2n) is 6.63. The van der Waals surface area contributed by atoms with Crippen LogP contribution >= 0.6 is 11.3 Å². The zero-order valence-corrected chi connectivity index (χ0v) is 15.9. The first-order valence-electron chi connectivity index (χ1n) is 9.42. The Morgan fingerprint density at radius 3 is 2.92 bits per heavy atom. The van der Waals surface area contributed by atoms with E-state index in [2.05, 4.69) is 34.1 Å². The van der Waals surface area contributed by atoms with Crippen molar-refractivity contribution in [1.29, 1.82) is 0 Å². The predicted octanol–water partition coefficient (Wildman–Crippen LogP) is 3.36. The second kappa shape index (κ2) is 7.25. The van der Waals surface area contributed by atoms with Crippen molar-refractivity contribution < 1.29 is 0 Å². The van der Waals surface area contributed by atoms with E-state index in [1.807, 2.05) is 15.9 Å². The van der Waals surface area contributed by atoms with Gasteiger partial charge < -0.3 is 10.2 Å². The Balaban J connectivity index is 1.60. The number of thiophene rings is 1. The van der Waals surface area contributed by atoms with Crippen LogP contribution in [0, 0.1) is 0 Å². The van der Waals surface area contributed by atoms with Gasteiger partial charge in [0.05, 0.1) is 5.39 Å². The second-order valence-corrected chi connectivity index (χ2v) is 7.71. The lowest BCUT2D eigenvalue weighted by Crippen LogP contribution is -2.25. The number of nitrogens with zero attached hydrogens (tertiary/aromatic N) is 5. The summed E-state index contributed by atoms with van der Waals surface area (Å²) in [5.74, 6) is 0.818.